The molecule has 0 fully saturated rings. The molecule has 0 atom stereocenters. The number of thiocarbonyl (C=S) groups is 1. The molecule has 4 nitrogen and oxygen atoms in total. The highest BCUT2D eigenvalue weighted by Crippen LogP contribution is 2.38. The van der Waals surface area contributed by atoms with E-state index >= 15 is 0 Å². The number of aliphatic imine (C=N–C) groups is 1. The third kappa shape index (κ3) is 7.54. The van der Waals surface area contributed by atoms with Crippen molar-refractivity contribution in [3.8, 4) is 5.75 Å². The number of rotatable bonds is 6. The van der Waals surface area contributed by atoms with E-state index in [1.54, 1.807) is 19.1 Å². The van der Waals surface area contributed by atoms with Crippen LogP contribution in [0.25, 0.3) is 0 Å². The Hall–Kier alpha value is -2.45. The maximum atomic E-state index is 13.7. The maximum Gasteiger partial charge on any atom is 0.419 e. The van der Waals surface area contributed by atoms with E-state index in [0.717, 1.165) is 18.2 Å². The molecule has 0 heterocycles. The molecule has 0 aromatic heterocycles. The van der Waals surface area contributed by atoms with Crippen LogP contribution in [0.1, 0.15) is 55.5 Å². The van der Waals surface area contributed by atoms with Crippen molar-refractivity contribution in [2.75, 3.05) is 20.1 Å². The molecule has 0 saturated heterocycles. The molecule has 0 aliphatic rings. The molecule has 8 heteroatoms. The Kier molecular flexibility index (Phi) is 8.65. The van der Waals surface area contributed by atoms with E-state index in [1.807, 2.05) is 31.0 Å². The van der Waals surface area contributed by atoms with Crippen LogP contribution >= 0.6 is 12.2 Å². The average molecular weight is 480 g/mol. The Morgan fingerprint density at radius 2 is 1.73 bits per heavy atom. The van der Waals surface area contributed by atoms with Crippen LogP contribution in [0.2, 0.25) is 0 Å². The van der Waals surface area contributed by atoms with Crippen LogP contribution in [0.3, 0.4) is 0 Å². The van der Waals surface area contributed by atoms with E-state index in [2.05, 4.69) is 25.8 Å². The van der Waals surface area contributed by atoms with Crippen molar-refractivity contribution in [1.29, 1.82) is 0 Å². The van der Waals surface area contributed by atoms with Gasteiger partial charge < -0.3 is 15.4 Å². The molecule has 33 heavy (non-hydrogen) atoms. The SMILES string of the molecule is CCN(C)CCc1cc(C(F)(F)F)c(OC(=S)N=C(N)c2ccc(C(C)(C)C)cc2)cc1C. The lowest BCUT2D eigenvalue weighted by Crippen LogP contribution is -2.21. The molecule has 0 radical (unpaired) electrons. The minimum absolute atomic E-state index is 0.0210. The minimum Gasteiger partial charge on any atom is -0.430 e. The molecule has 0 unspecified atom stereocenters. The van der Waals surface area contributed by atoms with Crippen molar-refractivity contribution in [2.24, 2.45) is 10.7 Å². The number of benzene rings is 2. The Morgan fingerprint density at radius 3 is 2.24 bits per heavy atom. The van der Waals surface area contributed by atoms with Crippen molar-refractivity contribution in [2.45, 2.75) is 52.6 Å². The van der Waals surface area contributed by atoms with Crippen molar-refractivity contribution < 1.29 is 17.9 Å². The first-order valence-corrected chi connectivity index (χ1v) is 11.2. The second-order valence-corrected chi connectivity index (χ2v) is 9.46. The van der Waals surface area contributed by atoms with Crippen LogP contribution in [0.5, 0.6) is 5.75 Å². The fourth-order valence-corrected chi connectivity index (χ4v) is 3.38. The molecular formula is C25H32F3N3OS. The van der Waals surface area contributed by atoms with E-state index < -0.39 is 11.7 Å². The summed E-state index contributed by atoms with van der Waals surface area (Å²) in [5.41, 5.74) is 8.16. The first-order valence-electron chi connectivity index (χ1n) is 10.8. The van der Waals surface area contributed by atoms with Crippen LogP contribution in [0.15, 0.2) is 41.4 Å². The van der Waals surface area contributed by atoms with E-state index in [-0.39, 0.29) is 22.2 Å². The summed E-state index contributed by atoms with van der Waals surface area (Å²) in [6.45, 7) is 11.5. The molecule has 2 aromatic carbocycles. The van der Waals surface area contributed by atoms with Crippen molar-refractivity contribution >= 4 is 23.2 Å². The van der Waals surface area contributed by atoms with Gasteiger partial charge in [-0.2, -0.15) is 18.2 Å². The number of nitrogens with two attached hydrogens (primary N) is 1. The number of halogens is 3. The number of amidine groups is 1. The molecule has 0 saturated carbocycles. The summed E-state index contributed by atoms with van der Waals surface area (Å²) in [6, 6.07) is 9.96. The zero-order chi connectivity index (χ0) is 25.0. The van der Waals surface area contributed by atoms with Crippen molar-refractivity contribution in [3.63, 3.8) is 0 Å². The van der Waals surface area contributed by atoms with Gasteiger partial charge in [0.25, 0.3) is 5.17 Å². The zero-order valence-electron chi connectivity index (χ0n) is 20.0. The van der Waals surface area contributed by atoms with Crippen LogP contribution in [0.4, 0.5) is 13.2 Å². The summed E-state index contributed by atoms with van der Waals surface area (Å²) in [5, 5.41) is -0.379. The van der Waals surface area contributed by atoms with E-state index in [4.69, 9.17) is 22.7 Å². The maximum absolute atomic E-state index is 13.7. The molecule has 0 aliphatic heterocycles. The number of likely N-dealkylation sites (N-methyl/N-ethyl adjacent to an activating group) is 1. The predicted molar refractivity (Wildman–Crippen MR) is 132 cm³/mol. The molecule has 0 spiro atoms. The Morgan fingerprint density at radius 1 is 1.12 bits per heavy atom. The Balaban J connectivity index is 2.27. The summed E-state index contributed by atoms with van der Waals surface area (Å²) in [4.78, 5) is 6.05. The van der Waals surface area contributed by atoms with Gasteiger partial charge >= 0.3 is 6.18 Å². The zero-order valence-corrected chi connectivity index (χ0v) is 20.8. The van der Waals surface area contributed by atoms with Gasteiger partial charge in [-0.15, -0.1) is 0 Å². The van der Waals surface area contributed by atoms with E-state index in [0.29, 0.717) is 29.7 Å². The molecule has 2 rings (SSSR count). The van der Waals surface area contributed by atoms with Gasteiger partial charge in [0.2, 0.25) is 0 Å². The van der Waals surface area contributed by atoms with Crippen LogP contribution in [-0.4, -0.2) is 36.0 Å². The number of nitrogens with zero attached hydrogens (tertiary/aromatic N) is 2. The van der Waals surface area contributed by atoms with Gasteiger partial charge in [0.05, 0.1) is 5.56 Å². The van der Waals surface area contributed by atoms with Crippen LogP contribution in [-0.2, 0) is 18.0 Å². The highest BCUT2D eigenvalue weighted by atomic mass is 32.1. The molecule has 0 aliphatic carbocycles. The third-order valence-electron chi connectivity index (χ3n) is 5.50. The smallest absolute Gasteiger partial charge is 0.419 e. The fourth-order valence-electron chi connectivity index (χ4n) is 3.19. The van der Waals surface area contributed by atoms with Crippen LogP contribution in [0, 0.1) is 6.92 Å². The fraction of sp³-hybridized carbons (Fsp3) is 0.440. The van der Waals surface area contributed by atoms with Gasteiger partial charge in [0.1, 0.15) is 11.6 Å². The second-order valence-electron chi connectivity index (χ2n) is 9.11. The Labute approximate surface area is 199 Å². The van der Waals surface area contributed by atoms with Gasteiger partial charge in [-0.05, 0) is 73.4 Å². The molecule has 2 N–H and O–H groups in total. The highest BCUT2D eigenvalue weighted by molar-refractivity contribution is 7.80. The lowest BCUT2D eigenvalue weighted by Gasteiger charge is -2.19. The number of hydrogen-bond donors (Lipinski definition) is 1. The Bertz CT molecular complexity index is 1010. The topological polar surface area (TPSA) is 50.8 Å². The quantitative estimate of drug-likeness (QED) is 0.320. The molecule has 0 amide bonds. The van der Waals surface area contributed by atoms with Gasteiger partial charge in [0.15, 0.2) is 0 Å². The molecular weight excluding hydrogens is 447 g/mol. The predicted octanol–water partition coefficient (Wildman–Crippen LogP) is 5.87. The monoisotopic (exact) mass is 479 g/mol. The lowest BCUT2D eigenvalue weighted by molar-refractivity contribution is -0.138. The van der Waals surface area contributed by atoms with Gasteiger partial charge in [0, 0.05) is 12.1 Å². The summed E-state index contributed by atoms with van der Waals surface area (Å²) >= 11 is 5.09. The number of alkyl halides is 3. The first kappa shape index (κ1) is 26.8. The van der Waals surface area contributed by atoms with Gasteiger partial charge in [-0.25, -0.2) is 0 Å². The standard InChI is InChI=1S/C25H32F3N3OS/c1-7-31(6)13-12-18-15-20(25(26,27)28)21(14-16(18)2)32-23(33)30-22(29)17-8-10-19(11-9-17)24(3,4)5/h8-11,14-15H,7,12-13H2,1-6H3,(H2,29,30,33). The minimum atomic E-state index is -4.60. The third-order valence-corrected chi connectivity index (χ3v) is 5.68. The van der Waals surface area contributed by atoms with Crippen molar-refractivity contribution in [3.05, 3.63) is 64.2 Å². The van der Waals surface area contributed by atoms with Gasteiger partial charge in [-0.3, -0.25) is 0 Å². The number of aryl methyl sites for hydroxylation is 1. The molecule has 180 valence electrons. The summed E-state index contributed by atoms with van der Waals surface area (Å²) in [7, 11) is 1.93. The van der Waals surface area contributed by atoms with E-state index in [9.17, 15) is 13.2 Å². The lowest BCUT2D eigenvalue weighted by atomic mass is 9.87. The van der Waals surface area contributed by atoms with E-state index in [1.165, 1.54) is 6.07 Å². The largest absolute Gasteiger partial charge is 0.430 e. The number of ether oxygens (including phenoxy) is 1. The van der Waals surface area contributed by atoms with Crippen molar-refractivity contribution in [1.82, 2.24) is 4.90 Å². The van der Waals surface area contributed by atoms with Gasteiger partial charge in [-0.1, -0.05) is 52.0 Å². The summed E-state index contributed by atoms with van der Waals surface area (Å²) in [6.07, 6.45) is -4.10. The summed E-state index contributed by atoms with van der Waals surface area (Å²) < 4.78 is 46.6. The first-order chi connectivity index (χ1) is 15.2. The highest BCUT2D eigenvalue weighted by Gasteiger charge is 2.35. The number of hydrogen-bond acceptors (Lipinski definition) is 3. The molecule has 0 bridgehead atoms. The average Bonchev–Trinajstić information content (AvgIpc) is 2.71. The second kappa shape index (κ2) is 10.7. The summed E-state index contributed by atoms with van der Waals surface area (Å²) in [5.74, 6) is -0.304. The van der Waals surface area contributed by atoms with Crippen LogP contribution < -0.4 is 10.5 Å². The normalized spacial score (nSPS) is 12.8. The molecule has 2 aromatic rings.